The smallest absolute Gasteiger partial charge is 0.220 e. The van der Waals surface area contributed by atoms with Crippen molar-refractivity contribution >= 4 is 5.91 Å². The summed E-state index contributed by atoms with van der Waals surface area (Å²) in [5.74, 6) is -0.293. The molecule has 0 aliphatic carbocycles. The fourth-order valence-electron chi connectivity index (χ4n) is 2.74. The number of carbonyl (C=O) groups is 1. The van der Waals surface area contributed by atoms with Gasteiger partial charge >= 0.3 is 0 Å². The van der Waals surface area contributed by atoms with Crippen LogP contribution in [-0.4, -0.2) is 67.3 Å². The molecule has 0 aliphatic rings. The van der Waals surface area contributed by atoms with Crippen LogP contribution in [0.3, 0.4) is 0 Å². The summed E-state index contributed by atoms with van der Waals surface area (Å²) in [4.78, 5) is 14.1. The first-order valence-electron chi connectivity index (χ1n) is 9.90. The van der Waals surface area contributed by atoms with E-state index in [0.29, 0.717) is 19.4 Å². The Morgan fingerprint density at radius 1 is 1.04 bits per heavy atom. The average Bonchev–Trinajstić information content (AvgIpc) is 2.65. The molecule has 0 fully saturated rings. The number of aromatic hydroxyl groups is 2. The standard InChI is InChI=1S/C20H36N4O3/c1-24(15-4-10-21)14-3-2-11-22-12-5-13-23-20(27)9-7-17-6-8-18(25)19(26)16-17/h6,8,16,22,25-26H,2-5,7,9-15,21H2,1H3,(H,23,27). The predicted octanol–water partition coefficient (Wildman–Crippen LogP) is 1.19. The zero-order chi connectivity index (χ0) is 19.9. The lowest BCUT2D eigenvalue weighted by Gasteiger charge is -2.15. The molecule has 6 N–H and O–H groups in total. The van der Waals surface area contributed by atoms with E-state index in [1.54, 1.807) is 6.07 Å². The highest BCUT2D eigenvalue weighted by atomic mass is 16.3. The Hall–Kier alpha value is -1.83. The van der Waals surface area contributed by atoms with Crippen LogP contribution in [-0.2, 0) is 11.2 Å². The van der Waals surface area contributed by atoms with Crippen LogP contribution >= 0.6 is 0 Å². The molecular weight excluding hydrogens is 344 g/mol. The number of amides is 1. The van der Waals surface area contributed by atoms with Crippen molar-refractivity contribution in [3.63, 3.8) is 0 Å². The van der Waals surface area contributed by atoms with Gasteiger partial charge < -0.3 is 31.5 Å². The highest BCUT2D eigenvalue weighted by molar-refractivity contribution is 5.76. The average molecular weight is 381 g/mol. The number of rotatable bonds is 15. The van der Waals surface area contributed by atoms with Crippen LogP contribution in [0.25, 0.3) is 0 Å². The van der Waals surface area contributed by atoms with Crippen molar-refractivity contribution in [3.05, 3.63) is 23.8 Å². The second-order valence-electron chi connectivity index (χ2n) is 6.93. The third-order valence-corrected chi connectivity index (χ3v) is 4.42. The summed E-state index contributed by atoms with van der Waals surface area (Å²) in [6.45, 7) is 5.49. The third kappa shape index (κ3) is 11.5. The minimum atomic E-state index is -0.152. The number of nitrogens with zero attached hydrogens (tertiary/aromatic N) is 1. The summed E-state index contributed by atoms with van der Waals surface area (Å²) in [6, 6.07) is 4.64. The van der Waals surface area contributed by atoms with Gasteiger partial charge in [0.2, 0.25) is 5.91 Å². The highest BCUT2D eigenvalue weighted by Crippen LogP contribution is 2.25. The van der Waals surface area contributed by atoms with Gasteiger partial charge in [-0.3, -0.25) is 4.79 Å². The van der Waals surface area contributed by atoms with Crippen LogP contribution in [0.2, 0.25) is 0 Å². The van der Waals surface area contributed by atoms with E-state index in [4.69, 9.17) is 5.73 Å². The number of unbranched alkanes of at least 4 members (excludes halogenated alkanes) is 1. The topological polar surface area (TPSA) is 111 Å². The van der Waals surface area contributed by atoms with E-state index in [0.717, 1.165) is 57.5 Å². The van der Waals surface area contributed by atoms with E-state index >= 15 is 0 Å². The predicted molar refractivity (Wildman–Crippen MR) is 109 cm³/mol. The molecule has 0 aliphatic heterocycles. The summed E-state index contributed by atoms with van der Waals surface area (Å²) in [5.41, 5.74) is 6.33. The second-order valence-corrected chi connectivity index (χ2v) is 6.93. The molecule has 7 heteroatoms. The first-order valence-corrected chi connectivity index (χ1v) is 9.90. The van der Waals surface area contributed by atoms with E-state index < -0.39 is 0 Å². The Kier molecular flexibility index (Phi) is 12.3. The molecule has 0 heterocycles. The van der Waals surface area contributed by atoms with Crippen LogP contribution in [0.5, 0.6) is 11.5 Å². The van der Waals surface area contributed by atoms with E-state index in [-0.39, 0.29) is 17.4 Å². The van der Waals surface area contributed by atoms with Crippen molar-refractivity contribution < 1.29 is 15.0 Å². The second kappa shape index (κ2) is 14.3. The number of hydrogen-bond acceptors (Lipinski definition) is 6. The molecule has 0 aromatic heterocycles. The van der Waals surface area contributed by atoms with Crippen LogP contribution in [0.1, 0.15) is 37.7 Å². The monoisotopic (exact) mass is 380 g/mol. The Labute approximate surface area is 162 Å². The van der Waals surface area contributed by atoms with E-state index in [1.165, 1.54) is 18.6 Å². The van der Waals surface area contributed by atoms with Crippen molar-refractivity contribution in [2.45, 2.75) is 38.5 Å². The molecule has 0 atom stereocenters. The van der Waals surface area contributed by atoms with E-state index in [9.17, 15) is 15.0 Å². The molecule has 0 radical (unpaired) electrons. The molecule has 1 aromatic carbocycles. The van der Waals surface area contributed by atoms with E-state index in [2.05, 4.69) is 22.6 Å². The molecule has 0 saturated heterocycles. The molecule has 7 nitrogen and oxygen atoms in total. The van der Waals surface area contributed by atoms with Gasteiger partial charge in [0.25, 0.3) is 0 Å². The molecule has 0 spiro atoms. The Morgan fingerprint density at radius 2 is 1.78 bits per heavy atom. The lowest BCUT2D eigenvalue weighted by molar-refractivity contribution is -0.121. The summed E-state index contributed by atoms with van der Waals surface area (Å²) in [7, 11) is 2.14. The van der Waals surface area contributed by atoms with Gasteiger partial charge in [-0.25, -0.2) is 0 Å². The Balaban J connectivity index is 1.94. The zero-order valence-corrected chi connectivity index (χ0v) is 16.5. The molecule has 27 heavy (non-hydrogen) atoms. The van der Waals surface area contributed by atoms with Crippen molar-refractivity contribution in [2.75, 3.05) is 46.3 Å². The molecule has 0 unspecified atom stereocenters. The SMILES string of the molecule is CN(CCCN)CCCCNCCCNC(=O)CCc1ccc(O)c(O)c1. The van der Waals surface area contributed by atoms with Gasteiger partial charge in [-0.05, 0) is 89.6 Å². The Morgan fingerprint density at radius 3 is 2.52 bits per heavy atom. The van der Waals surface area contributed by atoms with Gasteiger partial charge in [-0.15, -0.1) is 0 Å². The number of phenolic OH excluding ortho intramolecular Hbond substituents is 2. The number of hydrogen-bond donors (Lipinski definition) is 5. The fourth-order valence-corrected chi connectivity index (χ4v) is 2.74. The van der Waals surface area contributed by atoms with Gasteiger partial charge in [0, 0.05) is 13.0 Å². The molecule has 1 amide bonds. The van der Waals surface area contributed by atoms with Gasteiger partial charge in [0.1, 0.15) is 0 Å². The van der Waals surface area contributed by atoms with E-state index in [1.807, 2.05) is 0 Å². The van der Waals surface area contributed by atoms with Gasteiger partial charge in [-0.2, -0.15) is 0 Å². The first-order chi connectivity index (χ1) is 13.0. The number of nitrogens with one attached hydrogen (secondary N) is 2. The minimum absolute atomic E-state index is 0.00285. The number of nitrogens with two attached hydrogens (primary N) is 1. The first kappa shape index (κ1) is 23.2. The van der Waals surface area contributed by atoms with Crippen LogP contribution < -0.4 is 16.4 Å². The molecule has 1 aromatic rings. The van der Waals surface area contributed by atoms with Crippen molar-refractivity contribution in [1.29, 1.82) is 0 Å². The highest BCUT2D eigenvalue weighted by Gasteiger charge is 2.04. The minimum Gasteiger partial charge on any atom is -0.504 e. The van der Waals surface area contributed by atoms with Crippen LogP contribution in [0.4, 0.5) is 0 Å². The number of benzene rings is 1. The van der Waals surface area contributed by atoms with Gasteiger partial charge in [-0.1, -0.05) is 6.07 Å². The maximum absolute atomic E-state index is 11.8. The lowest BCUT2D eigenvalue weighted by atomic mass is 10.1. The molecular formula is C20H36N4O3. The van der Waals surface area contributed by atoms with Crippen LogP contribution in [0, 0.1) is 0 Å². The molecule has 154 valence electrons. The van der Waals surface area contributed by atoms with Gasteiger partial charge in [0.05, 0.1) is 0 Å². The van der Waals surface area contributed by atoms with Crippen molar-refractivity contribution in [3.8, 4) is 11.5 Å². The maximum Gasteiger partial charge on any atom is 0.220 e. The summed E-state index contributed by atoms with van der Waals surface area (Å²) >= 11 is 0. The quantitative estimate of drug-likeness (QED) is 0.231. The largest absolute Gasteiger partial charge is 0.504 e. The Bertz CT molecular complexity index is 540. The molecule has 1 rings (SSSR count). The maximum atomic E-state index is 11.8. The normalized spacial score (nSPS) is 11.1. The zero-order valence-electron chi connectivity index (χ0n) is 16.5. The summed E-state index contributed by atoms with van der Waals surface area (Å²) < 4.78 is 0. The number of carbonyl (C=O) groups excluding carboxylic acids is 1. The number of phenols is 2. The molecule has 0 bridgehead atoms. The molecule has 0 saturated carbocycles. The fraction of sp³-hybridized carbons (Fsp3) is 0.650. The number of aryl methyl sites for hydroxylation is 1. The lowest BCUT2D eigenvalue weighted by Crippen LogP contribution is -2.28. The summed E-state index contributed by atoms with van der Waals surface area (Å²) in [6.07, 6.45) is 5.20. The third-order valence-electron chi connectivity index (χ3n) is 4.42. The van der Waals surface area contributed by atoms with Crippen molar-refractivity contribution in [2.24, 2.45) is 5.73 Å². The summed E-state index contributed by atoms with van der Waals surface area (Å²) in [5, 5.41) is 25.0. The van der Waals surface area contributed by atoms with Gasteiger partial charge in [0.15, 0.2) is 11.5 Å². The van der Waals surface area contributed by atoms with Crippen LogP contribution in [0.15, 0.2) is 18.2 Å². The van der Waals surface area contributed by atoms with Crippen molar-refractivity contribution in [1.82, 2.24) is 15.5 Å².